The Labute approximate surface area is 126 Å². The first-order valence-electron chi connectivity index (χ1n) is 6.16. The highest BCUT2D eigenvalue weighted by atomic mass is 79.9. The molecule has 0 radical (unpaired) electrons. The van der Waals surface area contributed by atoms with E-state index in [0.29, 0.717) is 5.56 Å². The summed E-state index contributed by atoms with van der Waals surface area (Å²) in [6.45, 7) is 1.58. The maximum Gasteiger partial charge on any atom is 0.337 e. The molecule has 4 nitrogen and oxygen atoms in total. The summed E-state index contributed by atoms with van der Waals surface area (Å²) < 4.78 is 10.7. The fourth-order valence-electron chi connectivity index (χ4n) is 1.96. The van der Waals surface area contributed by atoms with Crippen LogP contribution in [0.3, 0.4) is 0 Å². The number of methoxy groups -OCH3 is 1. The van der Waals surface area contributed by atoms with E-state index < -0.39 is 0 Å². The highest BCUT2D eigenvalue weighted by Crippen LogP contribution is 2.21. The van der Waals surface area contributed by atoms with Crippen LogP contribution in [-0.2, 0) is 17.8 Å². The van der Waals surface area contributed by atoms with E-state index in [9.17, 15) is 4.79 Å². The molecule has 2 aromatic rings. The minimum atomic E-state index is -0.330. The van der Waals surface area contributed by atoms with Crippen molar-refractivity contribution in [3.05, 3.63) is 58.0 Å². The molecule has 2 rings (SSSR count). The molecular weight excluding hydrogens is 322 g/mol. The molecule has 0 saturated heterocycles. The van der Waals surface area contributed by atoms with Crippen LogP contribution in [-0.4, -0.2) is 25.0 Å². The predicted octanol–water partition coefficient (Wildman–Crippen LogP) is 3.46. The van der Waals surface area contributed by atoms with Crippen LogP contribution in [0.1, 0.15) is 21.5 Å². The second-order valence-electron chi connectivity index (χ2n) is 4.60. The number of benzene rings is 1. The topological polar surface area (TPSA) is 42.7 Å². The van der Waals surface area contributed by atoms with Gasteiger partial charge >= 0.3 is 5.97 Å². The van der Waals surface area contributed by atoms with E-state index in [1.807, 2.05) is 19.2 Å². The van der Waals surface area contributed by atoms with Gasteiger partial charge in [0.1, 0.15) is 0 Å². The average Bonchev–Trinajstić information content (AvgIpc) is 2.93. The van der Waals surface area contributed by atoms with Crippen molar-refractivity contribution in [1.82, 2.24) is 4.90 Å². The van der Waals surface area contributed by atoms with Crippen LogP contribution in [0.25, 0.3) is 0 Å². The van der Waals surface area contributed by atoms with Crippen molar-refractivity contribution in [3.63, 3.8) is 0 Å². The zero-order chi connectivity index (χ0) is 14.5. The summed E-state index contributed by atoms with van der Waals surface area (Å²) in [5.41, 5.74) is 2.79. The lowest BCUT2D eigenvalue weighted by atomic mass is 10.1. The van der Waals surface area contributed by atoms with Gasteiger partial charge in [0.05, 0.1) is 25.2 Å². The molecule has 0 spiro atoms. The van der Waals surface area contributed by atoms with Gasteiger partial charge in [-0.2, -0.15) is 0 Å². The van der Waals surface area contributed by atoms with E-state index >= 15 is 0 Å². The van der Waals surface area contributed by atoms with Gasteiger partial charge in [-0.05, 0) is 30.8 Å². The summed E-state index contributed by atoms with van der Waals surface area (Å²) in [5.74, 6) is -0.330. The maximum atomic E-state index is 11.4. The molecular formula is C15H16BrNO3. The fourth-order valence-corrected chi connectivity index (χ4v) is 2.47. The lowest BCUT2D eigenvalue weighted by Crippen LogP contribution is -2.17. The van der Waals surface area contributed by atoms with E-state index in [1.54, 1.807) is 24.7 Å². The van der Waals surface area contributed by atoms with Gasteiger partial charge in [-0.15, -0.1) is 0 Å². The molecule has 1 aromatic carbocycles. The molecule has 0 bridgehead atoms. The van der Waals surface area contributed by atoms with E-state index in [4.69, 9.17) is 9.15 Å². The van der Waals surface area contributed by atoms with Gasteiger partial charge < -0.3 is 9.15 Å². The molecule has 1 heterocycles. The lowest BCUT2D eigenvalue weighted by molar-refractivity contribution is 0.0600. The van der Waals surface area contributed by atoms with Gasteiger partial charge in [-0.1, -0.05) is 22.0 Å². The molecule has 0 fully saturated rings. The van der Waals surface area contributed by atoms with E-state index in [-0.39, 0.29) is 5.97 Å². The van der Waals surface area contributed by atoms with Crippen LogP contribution in [0.4, 0.5) is 0 Å². The van der Waals surface area contributed by atoms with Crippen LogP contribution in [0.2, 0.25) is 0 Å². The molecule has 0 aliphatic heterocycles. The zero-order valence-corrected chi connectivity index (χ0v) is 13.0. The van der Waals surface area contributed by atoms with Crippen LogP contribution in [0.15, 0.2) is 45.7 Å². The molecule has 5 heteroatoms. The summed E-state index contributed by atoms with van der Waals surface area (Å²) >= 11 is 3.50. The number of nitrogens with zero attached hydrogens (tertiary/aromatic N) is 1. The Morgan fingerprint density at radius 2 is 2.15 bits per heavy atom. The molecule has 1 aromatic heterocycles. The number of carbonyl (C=O) groups excluding carboxylic acids is 1. The van der Waals surface area contributed by atoms with Gasteiger partial charge in [-0.3, -0.25) is 4.90 Å². The smallest absolute Gasteiger partial charge is 0.337 e. The van der Waals surface area contributed by atoms with Crippen LogP contribution in [0.5, 0.6) is 0 Å². The molecule has 0 aliphatic carbocycles. The molecule has 20 heavy (non-hydrogen) atoms. The number of hydrogen-bond acceptors (Lipinski definition) is 4. The number of hydrogen-bond donors (Lipinski definition) is 0. The molecule has 0 amide bonds. The molecule has 0 atom stereocenters. The minimum absolute atomic E-state index is 0.330. The molecule has 0 unspecified atom stereocenters. The van der Waals surface area contributed by atoms with Gasteiger partial charge in [0, 0.05) is 23.1 Å². The number of carbonyl (C=O) groups is 1. The molecule has 106 valence electrons. The van der Waals surface area contributed by atoms with Crippen molar-refractivity contribution in [2.45, 2.75) is 13.1 Å². The number of esters is 1. The lowest BCUT2D eigenvalue weighted by Gasteiger charge is -2.17. The molecule has 0 N–H and O–H groups in total. The predicted molar refractivity (Wildman–Crippen MR) is 79.4 cm³/mol. The van der Waals surface area contributed by atoms with Crippen molar-refractivity contribution in [3.8, 4) is 0 Å². The largest absolute Gasteiger partial charge is 0.472 e. The fraction of sp³-hybridized carbons (Fsp3) is 0.267. The first-order chi connectivity index (χ1) is 9.60. The zero-order valence-electron chi connectivity index (χ0n) is 11.4. The highest BCUT2D eigenvalue weighted by molar-refractivity contribution is 9.10. The van der Waals surface area contributed by atoms with E-state index in [0.717, 1.165) is 28.7 Å². The Kier molecular flexibility index (Phi) is 4.98. The van der Waals surface area contributed by atoms with Gasteiger partial charge in [0.15, 0.2) is 0 Å². The number of furan rings is 1. The first-order valence-corrected chi connectivity index (χ1v) is 6.96. The van der Waals surface area contributed by atoms with Crippen molar-refractivity contribution >= 4 is 21.9 Å². The summed E-state index contributed by atoms with van der Waals surface area (Å²) in [6, 6.07) is 7.44. The third kappa shape index (κ3) is 3.71. The standard InChI is InChI=1S/C15H16BrNO3/c1-17(8-11-5-6-20-10-11)9-13-4-3-12(7-14(13)16)15(18)19-2/h3-7,10H,8-9H2,1-2H3. The van der Waals surface area contributed by atoms with Crippen LogP contribution < -0.4 is 0 Å². The second-order valence-corrected chi connectivity index (χ2v) is 5.46. The van der Waals surface area contributed by atoms with Crippen molar-refractivity contribution in [2.75, 3.05) is 14.2 Å². The first kappa shape index (κ1) is 14.8. The third-order valence-electron chi connectivity index (χ3n) is 2.95. The summed E-state index contributed by atoms with van der Waals surface area (Å²) in [5, 5.41) is 0. The Morgan fingerprint density at radius 1 is 1.35 bits per heavy atom. The Morgan fingerprint density at radius 3 is 2.75 bits per heavy atom. The van der Waals surface area contributed by atoms with Crippen molar-refractivity contribution in [2.24, 2.45) is 0 Å². The Hall–Kier alpha value is -1.59. The van der Waals surface area contributed by atoms with E-state index in [1.165, 1.54) is 7.11 Å². The SMILES string of the molecule is COC(=O)c1ccc(CN(C)Cc2ccoc2)c(Br)c1. The maximum absolute atomic E-state index is 11.4. The van der Waals surface area contributed by atoms with Crippen LogP contribution >= 0.6 is 15.9 Å². The minimum Gasteiger partial charge on any atom is -0.472 e. The van der Waals surface area contributed by atoms with E-state index in [2.05, 4.69) is 20.8 Å². The number of halogens is 1. The highest BCUT2D eigenvalue weighted by Gasteiger charge is 2.10. The monoisotopic (exact) mass is 337 g/mol. The van der Waals surface area contributed by atoms with Crippen molar-refractivity contribution < 1.29 is 13.9 Å². The van der Waals surface area contributed by atoms with Gasteiger partial charge in [0.2, 0.25) is 0 Å². The van der Waals surface area contributed by atoms with Gasteiger partial charge in [0.25, 0.3) is 0 Å². The molecule has 0 aliphatic rings. The van der Waals surface area contributed by atoms with Crippen molar-refractivity contribution in [1.29, 1.82) is 0 Å². The number of rotatable bonds is 5. The Balaban J connectivity index is 2.04. The summed E-state index contributed by atoms with van der Waals surface area (Å²) in [7, 11) is 3.41. The normalized spacial score (nSPS) is 10.8. The third-order valence-corrected chi connectivity index (χ3v) is 3.69. The van der Waals surface area contributed by atoms with Gasteiger partial charge in [-0.25, -0.2) is 4.79 Å². The summed E-state index contributed by atoms with van der Waals surface area (Å²) in [4.78, 5) is 13.6. The average molecular weight is 338 g/mol. The second kappa shape index (κ2) is 6.72. The quantitative estimate of drug-likeness (QED) is 0.783. The molecule has 0 saturated carbocycles. The Bertz CT molecular complexity index is 581. The van der Waals surface area contributed by atoms with Crippen LogP contribution in [0, 0.1) is 0 Å². The number of ether oxygens (including phenoxy) is 1. The summed E-state index contributed by atoms with van der Waals surface area (Å²) in [6.07, 6.45) is 3.41.